The minimum atomic E-state index is -3.68. The molecule has 0 atom stereocenters. The number of nitrogens with one attached hydrogen (secondary N) is 1. The molecule has 0 heterocycles. The molecule has 0 radical (unpaired) electrons. The van der Waals surface area contributed by atoms with Gasteiger partial charge in [-0.2, -0.15) is 0 Å². The lowest BCUT2D eigenvalue weighted by Crippen LogP contribution is -2.26. The van der Waals surface area contributed by atoms with Gasteiger partial charge in [-0.05, 0) is 34.1 Å². The minimum absolute atomic E-state index is 0.00412. The first-order chi connectivity index (χ1) is 9.38. The van der Waals surface area contributed by atoms with Crippen LogP contribution in [0.2, 0.25) is 0 Å². The van der Waals surface area contributed by atoms with E-state index in [-0.39, 0.29) is 21.5 Å². The lowest BCUT2D eigenvalue weighted by atomic mass is 10.2. The molecule has 0 saturated carbocycles. The van der Waals surface area contributed by atoms with Crippen molar-refractivity contribution < 1.29 is 18.3 Å². The predicted molar refractivity (Wildman–Crippen MR) is 82.4 cm³/mol. The number of thioether (sulfide) groups is 1. The van der Waals surface area contributed by atoms with Crippen molar-refractivity contribution in [2.24, 2.45) is 0 Å². The lowest BCUT2D eigenvalue weighted by Gasteiger charge is -2.08. The summed E-state index contributed by atoms with van der Waals surface area (Å²) in [5, 5.41) is 8.82. The average Bonchev–Trinajstić information content (AvgIpc) is 2.37. The number of sulfonamides is 1. The summed E-state index contributed by atoms with van der Waals surface area (Å²) >= 11 is 4.52. The number of hydrogen-bond acceptors (Lipinski definition) is 4. The molecule has 5 nitrogen and oxygen atoms in total. The Morgan fingerprint density at radius 2 is 2.20 bits per heavy atom. The van der Waals surface area contributed by atoms with Gasteiger partial charge in [-0.15, -0.1) is 18.2 Å². The topological polar surface area (TPSA) is 83.5 Å². The third-order valence-electron chi connectivity index (χ3n) is 2.19. The van der Waals surface area contributed by atoms with E-state index in [2.05, 4.69) is 26.6 Å². The SMILES string of the molecule is C#CCSCCNS(=O)(=O)c1ccc(C(=O)O)cc1Br. The fourth-order valence-electron chi connectivity index (χ4n) is 1.31. The first-order valence-corrected chi connectivity index (χ1v) is 8.85. The molecule has 0 aliphatic carbocycles. The minimum Gasteiger partial charge on any atom is -0.478 e. The molecule has 1 aromatic rings. The number of carbonyl (C=O) groups is 1. The molecule has 0 aliphatic rings. The Kier molecular flexibility index (Phi) is 6.55. The molecule has 0 amide bonds. The largest absolute Gasteiger partial charge is 0.478 e. The van der Waals surface area contributed by atoms with Gasteiger partial charge in [0, 0.05) is 16.8 Å². The Labute approximate surface area is 130 Å². The van der Waals surface area contributed by atoms with E-state index in [0.717, 1.165) is 0 Å². The van der Waals surface area contributed by atoms with E-state index in [1.165, 1.54) is 30.0 Å². The van der Waals surface area contributed by atoms with Crippen molar-refractivity contribution >= 4 is 43.7 Å². The van der Waals surface area contributed by atoms with Crippen molar-refractivity contribution in [1.29, 1.82) is 0 Å². The molecule has 20 heavy (non-hydrogen) atoms. The molecule has 108 valence electrons. The van der Waals surface area contributed by atoms with Gasteiger partial charge in [-0.3, -0.25) is 0 Å². The highest BCUT2D eigenvalue weighted by molar-refractivity contribution is 9.10. The number of rotatable bonds is 7. The molecule has 0 aliphatic heterocycles. The standard InChI is InChI=1S/C12H12BrNO4S2/c1-2-6-19-7-5-14-20(17,18)11-4-3-9(12(15)16)8-10(11)13/h1,3-4,8,14H,5-7H2,(H,15,16). The zero-order valence-corrected chi connectivity index (χ0v) is 13.5. The maximum Gasteiger partial charge on any atom is 0.335 e. The Bertz CT molecular complexity index is 637. The third-order valence-corrected chi connectivity index (χ3v) is 5.49. The molecule has 0 unspecified atom stereocenters. The van der Waals surface area contributed by atoms with Crippen LogP contribution in [0.1, 0.15) is 10.4 Å². The highest BCUT2D eigenvalue weighted by Gasteiger charge is 2.18. The molecule has 0 saturated heterocycles. The summed E-state index contributed by atoms with van der Waals surface area (Å²) in [6.07, 6.45) is 5.08. The van der Waals surface area contributed by atoms with E-state index < -0.39 is 16.0 Å². The van der Waals surface area contributed by atoms with Crippen molar-refractivity contribution in [3.63, 3.8) is 0 Å². The molecule has 0 spiro atoms. The van der Waals surface area contributed by atoms with E-state index >= 15 is 0 Å². The van der Waals surface area contributed by atoms with E-state index in [1.54, 1.807) is 0 Å². The maximum atomic E-state index is 12.0. The molecule has 0 aromatic heterocycles. The number of terminal acetylenes is 1. The summed E-state index contributed by atoms with van der Waals surface area (Å²) in [4.78, 5) is 10.8. The summed E-state index contributed by atoms with van der Waals surface area (Å²) in [6.45, 7) is 0.252. The van der Waals surface area contributed by atoms with E-state index in [9.17, 15) is 13.2 Å². The molecule has 1 aromatic carbocycles. The number of halogens is 1. The van der Waals surface area contributed by atoms with Crippen LogP contribution in [0, 0.1) is 12.3 Å². The average molecular weight is 378 g/mol. The summed E-state index contributed by atoms with van der Waals surface area (Å²) < 4.78 is 26.7. The second-order valence-corrected chi connectivity index (χ2v) is 7.30. The molecule has 0 bridgehead atoms. The van der Waals surface area contributed by atoms with Crippen LogP contribution in [0.5, 0.6) is 0 Å². The Balaban J connectivity index is 2.78. The molecule has 2 N–H and O–H groups in total. The van der Waals surface area contributed by atoms with Gasteiger partial charge in [0.2, 0.25) is 10.0 Å². The van der Waals surface area contributed by atoms with E-state index in [4.69, 9.17) is 11.5 Å². The van der Waals surface area contributed by atoms with E-state index in [1.807, 2.05) is 0 Å². The number of hydrogen-bond donors (Lipinski definition) is 2. The quantitative estimate of drug-likeness (QED) is 0.558. The van der Waals surface area contributed by atoms with Gasteiger partial charge in [0.05, 0.1) is 16.2 Å². The normalized spacial score (nSPS) is 11.0. The van der Waals surface area contributed by atoms with Crippen LogP contribution in [-0.4, -0.2) is 37.5 Å². The lowest BCUT2D eigenvalue weighted by molar-refractivity contribution is 0.0696. The number of carboxylic acids is 1. The van der Waals surface area contributed by atoms with Gasteiger partial charge in [0.25, 0.3) is 0 Å². The second kappa shape index (κ2) is 7.69. The van der Waals surface area contributed by atoms with Crippen LogP contribution in [0.3, 0.4) is 0 Å². The van der Waals surface area contributed by atoms with Gasteiger partial charge in [0.1, 0.15) is 0 Å². The maximum absolute atomic E-state index is 12.0. The van der Waals surface area contributed by atoms with Crippen LogP contribution in [-0.2, 0) is 10.0 Å². The predicted octanol–water partition coefficient (Wildman–Crippen LogP) is 1.79. The summed E-state index contributed by atoms with van der Waals surface area (Å²) in [7, 11) is -3.68. The molecular weight excluding hydrogens is 366 g/mol. The third kappa shape index (κ3) is 4.83. The highest BCUT2D eigenvalue weighted by Crippen LogP contribution is 2.23. The molecule has 8 heteroatoms. The van der Waals surface area contributed by atoms with Crippen molar-refractivity contribution in [2.45, 2.75) is 4.90 Å². The van der Waals surface area contributed by atoms with Gasteiger partial charge >= 0.3 is 5.97 Å². The Hall–Kier alpha value is -1.01. The van der Waals surface area contributed by atoms with Gasteiger partial charge in [-0.1, -0.05) is 5.92 Å². The monoisotopic (exact) mass is 377 g/mol. The van der Waals surface area contributed by atoms with Crippen LogP contribution >= 0.6 is 27.7 Å². The van der Waals surface area contributed by atoms with Crippen LogP contribution < -0.4 is 4.72 Å². The van der Waals surface area contributed by atoms with Crippen molar-refractivity contribution in [1.82, 2.24) is 4.72 Å². The number of benzene rings is 1. The summed E-state index contributed by atoms with van der Waals surface area (Å²) in [5.74, 6) is 2.42. The fourth-order valence-corrected chi connectivity index (χ4v) is 4.05. The smallest absolute Gasteiger partial charge is 0.335 e. The second-order valence-electron chi connectivity index (χ2n) is 3.60. The van der Waals surface area contributed by atoms with E-state index in [0.29, 0.717) is 11.5 Å². The summed E-state index contributed by atoms with van der Waals surface area (Å²) in [6, 6.07) is 3.75. The van der Waals surface area contributed by atoms with Crippen LogP contribution in [0.15, 0.2) is 27.6 Å². The van der Waals surface area contributed by atoms with Crippen LogP contribution in [0.25, 0.3) is 0 Å². The van der Waals surface area contributed by atoms with Crippen LogP contribution in [0.4, 0.5) is 0 Å². The molecule has 1 rings (SSSR count). The molecular formula is C12H12BrNO4S2. The van der Waals surface area contributed by atoms with Gasteiger partial charge in [-0.25, -0.2) is 17.9 Å². The Morgan fingerprint density at radius 1 is 1.50 bits per heavy atom. The fraction of sp³-hybridized carbons (Fsp3) is 0.250. The van der Waals surface area contributed by atoms with Crippen molar-refractivity contribution in [2.75, 3.05) is 18.1 Å². The first kappa shape index (κ1) is 17.0. The Morgan fingerprint density at radius 3 is 2.75 bits per heavy atom. The van der Waals surface area contributed by atoms with Crippen molar-refractivity contribution in [3.05, 3.63) is 28.2 Å². The van der Waals surface area contributed by atoms with Crippen molar-refractivity contribution in [3.8, 4) is 12.3 Å². The zero-order chi connectivity index (χ0) is 15.2. The summed E-state index contributed by atoms with van der Waals surface area (Å²) in [5.41, 5.74) is 0.0143. The number of carboxylic acid groups (broad SMARTS) is 1. The number of aromatic carboxylic acids is 1. The zero-order valence-electron chi connectivity index (χ0n) is 10.3. The highest BCUT2D eigenvalue weighted by atomic mass is 79.9. The van der Waals surface area contributed by atoms with Gasteiger partial charge in [0.15, 0.2) is 0 Å². The van der Waals surface area contributed by atoms with Gasteiger partial charge < -0.3 is 5.11 Å². The first-order valence-electron chi connectivity index (χ1n) is 5.42. The molecule has 0 fully saturated rings.